The average molecular weight is 189 g/mol. The molecular formula is C6H8NO4P. The van der Waals surface area contributed by atoms with E-state index in [2.05, 4.69) is 11.4 Å². The van der Waals surface area contributed by atoms with E-state index in [1.165, 1.54) is 13.0 Å². The van der Waals surface area contributed by atoms with Crippen molar-refractivity contribution in [2.75, 3.05) is 0 Å². The predicted octanol–water partition coefficient (Wildman–Crippen LogP) is 0.722. The van der Waals surface area contributed by atoms with E-state index in [1.807, 2.05) is 0 Å². The van der Waals surface area contributed by atoms with E-state index in [0.29, 0.717) is 0 Å². The monoisotopic (exact) mass is 189 g/mol. The third kappa shape index (κ3) is 1.47. The summed E-state index contributed by atoms with van der Waals surface area (Å²) in [6, 6.07) is 0. The van der Waals surface area contributed by atoms with Crippen molar-refractivity contribution in [2.45, 2.75) is 12.8 Å². The first-order chi connectivity index (χ1) is 5.47. The molecular weight excluding hydrogens is 181 g/mol. The fourth-order valence-corrected chi connectivity index (χ4v) is 1.60. The summed E-state index contributed by atoms with van der Waals surface area (Å²) in [6.45, 7) is 4.59. The second-order valence-electron chi connectivity index (χ2n) is 2.39. The van der Waals surface area contributed by atoms with Crippen molar-refractivity contribution >= 4 is 7.37 Å². The number of allylic oxidation sites excluding steroid dienone is 1. The van der Waals surface area contributed by atoms with Gasteiger partial charge in [-0.05, 0) is 5.82 Å². The van der Waals surface area contributed by atoms with Crippen molar-refractivity contribution in [1.29, 1.82) is 0 Å². The highest BCUT2D eigenvalue weighted by Crippen LogP contribution is 2.46. The standard InChI is InChI=1S/C6H8NO4P/c1-3-12(9,10)6-4-5(2)7(8)11-6/h3-4,6H,1H2,2H3. The van der Waals surface area contributed by atoms with Gasteiger partial charge < -0.3 is 9.46 Å². The minimum atomic E-state index is -3.82. The van der Waals surface area contributed by atoms with Crippen molar-refractivity contribution < 1.29 is 19.2 Å². The van der Waals surface area contributed by atoms with Gasteiger partial charge in [-0.3, -0.25) is 0 Å². The molecule has 0 aromatic carbocycles. The molecule has 0 aromatic heterocycles. The summed E-state index contributed by atoms with van der Waals surface area (Å²) in [5.41, 5.74) is 0.234. The quantitative estimate of drug-likeness (QED) is 0.600. The van der Waals surface area contributed by atoms with Gasteiger partial charge in [-0.1, -0.05) is 6.58 Å². The van der Waals surface area contributed by atoms with Crippen LogP contribution in [0.2, 0.25) is 0 Å². The highest BCUT2D eigenvalue weighted by molar-refractivity contribution is 7.60. The van der Waals surface area contributed by atoms with Crippen LogP contribution < -0.4 is 4.89 Å². The molecule has 0 radical (unpaired) electrons. The Morgan fingerprint density at radius 3 is 2.83 bits per heavy atom. The summed E-state index contributed by atoms with van der Waals surface area (Å²) in [5.74, 6) is -0.395. The van der Waals surface area contributed by atoms with E-state index >= 15 is 0 Å². The number of hydrogen-bond donors (Lipinski definition) is 0. The summed E-state index contributed by atoms with van der Waals surface area (Å²) in [4.78, 5) is 26.4. The maximum atomic E-state index is 11.1. The van der Waals surface area contributed by atoms with E-state index < -0.39 is 13.2 Å². The van der Waals surface area contributed by atoms with Crippen LogP contribution in [0, 0.1) is 4.91 Å². The zero-order valence-electron chi connectivity index (χ0n) is 6.47. The summed E-state index contributed by atoms with van der Waals surface area (Å²) in [5, 5.41) is 0. The SMILES string of the molecule is C=CP(=O)([O-])C1C=C(C)[N+](=O)O1. The fourth-order valence-electron chi connectivity index (χ4n) is 0.752. The third-order valence-corrected chi connectivity index (χ3v) is 2.95. The summed E-state index contributed by atoms with van der Waals surface area (Å²) in [7, 11) is -3.82. The largest absolute Gasteiger partial charge is 0.793 e. The summed E-state index contributed by atoms with van der Waals surface area (Å²) >= 11 is 0. The number of nitrogens with zero attached hydrogens (tertiary/aromatic N) is 1. The van der Waals surface area contributed by atoms with Gasteiger partial charge in [0.2, 0.25) is 5.85 Å². The van der Waals surface area contributed by atoms with Crippen molar-refractivity contribution in [3.05, 3.63) is 29.1 Å². The third-order valence-electron chi connectivity index (χ3n) is 1.48. The van der Waals surface area contributed by atoms with Crippen LogP contribution in [-0.4, -0.2) is 10.8 Å². The molecule has 0 N–H and O–H groups in total. The molecule has 2 atom stereocenters. The maximum absolute atomic E-state index is 11.1. The molecule has 1 aliphatic heterocycles. The van der Waals surface area contributed by atoms with Crippen LogP contribution in [0.15, 0.2) is 24.2 Å². The van der Waals surface area contributed by atoms with Crippen LogP contribution in [0.25, 0.3) is 0 Å². The molecule has 12 heavy (non-hydrogen) atoms. The Morgan fingerprint density at radius 2 is 2.50 bits per heavy atom. The molecule has 0 spiro atoms. The van der Waals surface area contributed by atoms with Crippen LogP contribution in [0.4, 0.5) is 0 Å². The molecule has 0 aliphatic carbocycles. The normalized spacial score (nSPS) is 27.3. The Balaban J connectivity index is 2.90. The lowest BCUT2D eigenvalue weighted by Gasteiger charge is -2.18. The van der Waals surface area contributed by atoms with Crippen LogP contribution in [0.3, 0.4) is 0 Å². The van der Waals surface area contributed by atoms with Gasteiger partial charge in [0, 0.05) is 13.0 Å². The Morgan fingerprint density at radius 1 is 1.92 bits per heavy atom. The summed E-state index contributed by atoms with van der Waals surface area (Å²) in [6.07, 6.45) is 1.24. The predicted molar refractivity (Wildman–Crippen MR) is 40.1 cm³/mol. The lowest BCUT2D eigenvalue weighted by atomic mass is 10.5. The van der Waals surface area contributed by atoms with E-state index in [9.17, 15) is 14.4 Å². The molecule has 0 bridgehead atoms. The van der Waals surface area contributed by atoms with Crippen LogP contribution in [-0.2, 0) is 9.40 Å². The Kier molecular flexibility index (Phi) is 2.17. The molecule has 0 fully saturated rings. The van der Waals surface area contributed by atoms with Crippen LogP contribution >= 0.6 is 7.37 Å². The zero-order chi connectivity index (χ0) is 9.35. The van der Waals surface area contributed by atoms with Gasteiger partial charge in [-0.15, -0.1) is 0 Å². The van der Waals surface area contributed by atoms with E-state index in [0.717, 1.165) is 5.82 Å². The zero-order valence-corrected chi connectivity index (χ0v) is 7.36. The van der Waals surface area contributed by atoms with Gasteiger partial charge in [-0.25, -0.2) is 4.84 Å². The van der Waals surface area contributed by atoms with Gasteiger partial charge in [0.15, 0.2) is 0 Å². The Bertz CT molecular complexity index is 309. The van der Waals surface area contributed by atoms with Crippen molar-refractivity contribution in [1.82, 2.24) is 0 Å². The van der Waals surface area contributed by atoms with Gasteiger partial charge in [0.25, 0.3) is 10.6 Å². The van der Waals surface area contributed by atoms with Gasteiger partial charge in [-0.2, -0.15) is 0 Å². The van der Waals surface area contributed by atoms with Crippen LogP contribution in [0.5, 0.6) is 0 Å². The minimum absolute atomic E-state index is 0.179. The highest BCUT2D eigenvalue weighted by Gasteiger charge is 2.36. The molecule has 0 saturated heterocycles. The molecule has 5 nitrogen and oxygen atoms in total. The lowest BCUT2D eigenvalue weighted by molar-refractivity contribution is -0.760. The van der Waals surface area contributed by atoms with Gasteiger partial charge >= 0.3 is 0 Å². The molecule has 6 heteroatoms. The second kappa shape index (κ2) is 2.84. The average Bonchev–Trinajstić information content (AvgIpc) is 2.33. The first-order valence-electron chi connectivity index (χ1n) is 3.24. The molecule has 1 rings (SSSR count). The topological polar surface area (TPSA) is 69.4 Å². The molecule has 0 amide bonds. The van der Waals surface area contributed by atoms with Crippen molar-refractivity contribution in [2.24, 2.45) is 0 Å². The van der Waals surface area contributed by atoms with E-state index in [-0.39, 0.29) is 10.6 Å². The molecule has 1 aliphatic rings. The van der Waals surface area contributed by atoms with Crippen LogP contribution in [0.1, 0.15) is 6.92 Å². The lowest BCUT2D eigenvalue weighted by Crippen LogP contribution is -2.15. The molecule has 2 unspecified atom stereocenters. The summed E-state index contributed by atoms with van der Waals surface area (Å²) < 4.78 is 11.1. The molecule has 0 aromatic rings. The highest BCUT2D eigenvalue weighted by atomic mass is 31.2. The number of rotatable bonds is 2. The Labute approximate surface area is 69.3 Å². The fraction of sp³-hybridized carbons (Fsp3) is 0.333. The molecule has 66 valence electrons. The molecule has 1 heterocycles. The van der Waals surface area contributed by atoms with E-state index in [1.54, 1.807) is 0 Å². The minimum Gasteiger partial charge on any atom is -0.793 e. The first kappa shape index (κ1) is 9.16. The van der Waals surface area contributed by atoms with Gasteiger partial charge in [0.05, 0.1) is 12.3 Å². The molecule has 0 saturated carbocycles. The first-order valence-corrected chi connectivity index (χ1v) is 5.00. The smallest absolute Gasteiger partial charge is 0.291 e. The van der Waals surface area contributed by atoms with E-state index in [4.69, 9.17) is 0 Å². The maximum Gasteiger partial charge on any atom is 0.291 e. The van der Waals surface area contributed by atoms with Crippen molar-refractivity contribution in [3.8, 4) is 0 Å². The second-order valence-corrected chi connectivity index (χ2v) is 4.55. The van der Waals surface area contributed by atoms with Gasteiger partial charge in [0.1, 0.15) is 0 Å². The Hall–Kier alpha value is -0.930. The van der Waals surface area contributed by atoms with Crippen molar-refractivity contribution in [3.63, 3.8) is 0 Å². The number of hydrogen-bond acceptors (Lipinski definition) is 4.